The van der Waals surface area contributed by atoms with Crippen LogP contribution in [-0.4, -0.2) is 18.3 Å². The number of allylic oxidation sites excluding steroid dienone is 1. The normalized spacial score (nSPS) is 12.8. The second-order valence-corrected chi connectivity index (χ2v) is 24.3. The number of hydrogen-bond donors (Lipinski definition) is 0. The molecule has 13 aromatic carbocycles. The summed E-state index contributed by atoms with van der Waals surface area (Å²) < 4.78 is 22.2. The average Bonchev–Trinajstić information content (AvgIpc) is 1.72. The van der Waals surface area contributed by atoms with Gasteiger partial charge in [-0.2, -0.15) is 0 Å². The minimum absolute atomic E-state index is 0.893. The largest absolute Gasteiger partial charge is 0.456 e. The Balaban J connectivity index is 0.724. The van der Waals surface area contributed by atoms with Gasteiger partial charge in [0.25, 0.3) is 0 Å². The number of rotatable bonds is 7. The van der Waals surface area contributed by atoms with Crippen LogP contribution in [0.2, 0.25) is 0 Å². The number of fused-ring (bicyclic) bond motifs is 18. The Hall–Kier alpha value is -11.9. The van der Waals surface area contributed by atoms with E-state index in [0.29, 0.717) is 0 Å². The molecule has 6 aromatic heterocycles. The van der Waals surface area contributed by atoms with E-state index in [1.165, 1.54) is 126 Å². The van der Waals surface area contributed by atoms with Crippen molar-refractivity contribution >= 4 is 126 Å². The first-order chi connectivity index (χ1) is 44.6. The molecule has 0 atom stereocenters. The predicted octanol–water partition coefficient (Wildman–Crippen LogP) is 22.7. The lowest BCUT2D eigenvalue weighted by Crippen LogP contribution is -1.94. The maximum Gasteiger partial charge on any atom is 0.135 e. The molecule has 6 nitrogen and oxygen atoms in total. The fraction of sp³-hybridized carbons (Fsp3) is 0.0238. The number of aryl methyl sites for hydroxylation is 1. The zero-order valence-electron chi connectivity index (χ0n) is 48.7. The van der Waals surface area contributed by atoms with Crippen LogP contribution < -0.4 is 0 Å². The number of para-hydroxylation sites is 5. The predicted molar refractivity (Wildman–Crippen MR) is 375 cm³/mol. The molecule has 0 saturated heterocycles. The Bertz CT molecular complexity index is 6280. The van der Waals surface area contributed by atoms with Crippen LogP contribution in [0.5, 0.6) is 0 Å². The van der Waals surface area contributed by atoms with Crippen molar-refractivity contribution in [1.29, 1.82) is 0 Å². The van der Waals surface area contributed by atoms with Gasteiger partial charge in [-0.3, -0.25) is 0 Å². The fourth-order valence-electron chi connectivity index (χ4n) is 15.3. The number of nitrogens with zero attached hydrogens (tertiary/aromatic N) is 4. The van der Waals surface area contributed by atoms with Crippen molar-refractivity contribution in [2.24, 2.45) is 0 Å². The van der Waals surface area contributed by atoms with Crippen molar-refractivity contribution < 1.29 is 8.83 Å². The van der Waals surface area contributed by atoms with Crippen LogP contribution in [0.3, 0.4) is 0 Å². The van der Waals surface area contributed by atoms with E-state index in [1.54, 1.807) is 0 Å². The van der Waals surface area contributed by atoms with Gasteiger partial charge in [0.2, 0.25) is 0 Å². The number of benzene rings is 13. The van der Waals surface area contributed by atoms with Gasteiger partial charge >= 0.3 is 0 Å². The fourth-order valence-corrected chi connectivity index (χ4v) is 15.3. The molecule has 0 fully saturated rings. The third kappa shape index (κ3) is 7.21. The van der Waals surface area contributed by atoms with E-state index in [4.69, 9.17) is 8.83 Å². The molecule has 420 valence electrons. The third-order valence-electron chi connectivity index (χ3n) is 19.4. The quantitative estimate of drug-likeness (QED) is 0.160. The van der Waals surface area contributed by atoms with Crippen LogP contribution in [0.25, 0.3) is 182 Å². The summed E-state index contributed by atoms with van der Waals surface area (Å²) in [5.41, 5.74) is 25.0. The molecule has 0 radical (unpaired) electrons. The van der Waals surface area contributed by atoms with Gasteiger partial charge in [-0.25, -0.2) is 0 Å². The first-order valence-electron chi connectivity index (χ1n) is 31.1. The standard InChI is InChI=1S/C84H52N4O2/c1-3-15-57(16-4-1)85-77-37-29-53(51-27-35-75-65(43-51)61-19-7-11-23-73(61)87(75)59-33-41-83-71(49-59)63-21-9-13-25-81(63)89-83)45-67(77)69-47-55(31-39-79(69)85)56-32-40-80-70(48-56)68-46-54(30-38-78(68)86(80)58-17-5-2-6-18-58)52-28-36-76-66(44-52)62-20-8-12-24-74(62)88(76)60-34-42-84-72(50-60)64-22-10-14-26-82(64)90-84/h1-9,11-21,23-50H,10,22H2. The van der Waals surface area contributed by atoms with Crippen molar-refractivity contribution in [3.8, 4) is 56.1 Å². The summed E-state index contributed by atoms with van der Waals surface area (Å²) in [7, 11) is 0. The average molecular weight is 1150 g/mol. The minimum atomic E-state index is 0.893. The Labute approximate surface area is 515 Å². The summed E-state index contributed by atoms with van der Waals surface area (Å²) in [5, 5.41) is 13.2. The van der Waals surface area contributed by atoms with Gasteiger partial charge in [-0.05, 0) is 204 Å². The summed E-state index contributed by atoms with van der Waals surface area (Å²) in [5.74, 6) is 0.988. The van der Waals surface area contributed by atoms with E-state index in [2.05, 4.69) is 297 Å². The smallest absolute Gasteiger partial charge is 0.135 e. The van der Waals surface area contributed by atoms with E-state index in [-0.39, 0.29) is 0 Å². The van der Waals surface area contributed by atoms with Gasteiger partial charge in [-0.15, -0.1) is 0 Å². The molecule has 0 bridgehead atoms. The molecule has 0 unspecified atom stereocenters. The summed E-state index contributed by atoms with van der Waals surface area (Å²) in [6.45, 7) is 0. The topological polar surface area (TPSA) is 46.0 Å². The third-order valence-corrected chi connectivity index (χ3v) is 19.4. The van der Waals surface area contributed by atoms with Crippen molar-refractivity contribution in [2.75, 3.05) is 0 Å². The summed E-state index contributed by atoms with van der Waals surface area (Å²) in [6, 6.07) is 103. The molecule has 0 spiro atoms. The zero-order chi connectivity index (χ0) is 58.7. The van der Waals surface area contributed by atoms with Crippen molar-refractivity contribution in [2.45, 2.75) is 12.8 Å². The first kappa shape index (κ1) is 49.3. The van der Waals surface area contributed by atoms with Gasteiger partial charge in [0, 0.05) is 87.6 Å². The van der Waals surface area contributed by atoms with Crippen molar-refractivity contribution in [3.63, 3.8) is 0 Å². The van der Waals surface area contributed by atoms with Gasteiger partial charge in [0.05, 0.1) is 44.1 Å². The highest BCUT2D eigenvalue weighted by atomic mass is 16.3. The molecule has 0 saturated carbocycles. The number of hydrogen-bond acceptors (Lipinski definition) is 2. The Morgan fingerprint density at radius 3 is 1.03 bits per heavy atom. The molecule has 19 aromatic rings. The number of aromatic nitrogens is 4. The summed E-state index contributed by atoms with van der Waals surface area (Å²) in [6.07, 6.45) is 6.37. The van der Waals surface area contributed by atoms with Crippen LogP contribution in [0.15, 0.2) is 294 Å². The molecular formula is C84H52N4O2. The molecule has 0 N–H and O–H groups in total. The van der Waals surface area contributed by atoms with E-state index in [0.717, 1.165) is 74.4 Å². The molecule has 6 heteroatoms. The molecule has 1 aliphatic rings. The second-order valence-electron chi connectivity index (χ2n) is 24.3. The van der Waals surface area contributed by atoms with E-state index in [1.807, 2.05) is 12.1 Å². The Morgan fingerprint density at radius 1 is 0.233 bits per heavy atom. The van der Waals surface area contributed by atoms with Crippen molar-refractivity contribution in [1.82, 2.24) is 18.3 Å². The molecular weight excluding hydrogens is 1100 g/mol. The molecule has 0 aliphatic heterocycles. The van der Waals surface area contributed by atoms with Gasteiger partial charge < -0.3 is 27.1 Å². The highest BCUT2D eigenvalue weighted by Gasteiger charge is 2.22. The zero-order valence-corrected chi connectivity index (χ0v) is 48.7. The van der Waals surface area contributed by atoms with Gasteiger partial charge in [-0.1, -0.05) is 133 Å². The van der Waals surface area contributed by atoms with E-state index in [9.17, 15) is 0 Å². The van der Waals surface area contributed by atoms with Gasteiger partial charge in [0.15, 0.2) is 0 Å². The van der Waals surface area contributed by atoms with Crippen LogP contribution >= 0.6 is 0 Å². The maximum absolute atomic E-state index is 6.31. The molecule has 20 rings (SSSR count). The summed E-state index contributed by atoms with van der Waals surface area (Å²) in [4.78, 5) is 0. The van der Waals surface area contributed by atoms with Crippen molar-refractivity contribution in [3.05, 3.63) is 296 Å². The highest BCUT2D eigenvalue weighted by Crippen LogP contribution is 2.44. The maximum atomic E-state index is 6.31. The van der Waals surface area contributed by atoms with Gasteiger partial charge in [0.1, 0.15) is 22.5 Å². The number of furan rings is 2. The Morgan fingerprint density at radius 2 is 0.578 bits per heavy atom. The van der Waals surface area contributed by atoms with Crippen LogP contribution in [0.1, 0.15) is 17.7 Å². The molecule has 0 amide bonds. The first-order valence-corrected chi connectivity index (χ1v) is 31.1. The van der Waals surface area contributed by atoms with Crippen LogP contribution in [0, 0.1) is 0 Å². The van der Waals surface area contributed by atoms with E-state index >= 15 is 0 Å². The van der Waals surface area contributed by atoms with Crippen LogP contribution in [0.4, 0.5) is 0 Å². The van der Waals surface area contributed by atoms with E-state index < -0.39 is 0 Å². The lowest BCUT2D eigenvalue weighted by atomic mass is 9.98. The second kappa shape index (κ2) is 18.8. The lowest BCUT2D eigenvalue weighted by molar-refractivity contribution is 0.595. The minimum Gasteiger partial charge on any atom is -0.456 e. The summed E-state index contributed by atoms with van der Waals surface area (Å²) >= 11 is 0. The lowest BCUT2D eigenvalue weighted by Gasteiger charge is -2.10. The molecule has 6 heterocycles. The highest BCUT2D eigenvalue weighted by molar-refractivity contribution is 6.17. The monoisotopic (exact) mass is 1150 g/mol. The SMILES string of the molecule is C1=Cc2oc3ccc(-n4c5ccccc5c5cc(-c6ccc7c(c6)c6cc(-c8ccc9c(c8)c8cc(-c%10ccc%11c(c%10)c%10ccccc%10n%11-c%10ccc%11oc%12ccccc%12c%11c%10)ccc8n9-c8ccccc8)ccc6n7-c6ccccc6)ccc54)cc3c2CC1. The molecule has 1 aliphatic carbocycles. The Kier molecular flexibility index (Phi) is 10.3. The molecule has 90 heavy (non-hydrogen) atoms. The van der Waals surface area contributed by atoms with Crippen LogP contribution in [-0.2, 0) is 6.42 Å².